The first kappa shape index (κ1) is 13.9. The van der Waals surface area contributed by atoms with Crippen molar-refractivity contribution in [2.45, 2.75) is 12.5 Å². The van der Waals surface area contributed by atoms with Crippen molar-refractivity contribution < 1.29 is 4.79 Å². The Kier molecular flexibility index (Phi) is 4.24. The van der Waals surface area contributed by atoms with E-state index < -0.39 is 0 Å². The molecule has 0 spiro atoms. The van der Waals surface area contributed by atoms with Crippen molar-refractivity contribution in [3.63, 3.8) is 0 Å². The molecule has 0 bridgehead atoms. The van der Waals surface area contributed by atoms with Crippen LogP contribution in [0.4, 0.5) is 0 Å². The highest BCUT2D eigenvalue weighted by Gasteiger charge is 2.28. The standard InChI is InChI=1S/C15H20ClN3O/c16-13-3-1-2-12(10-13)15(20)19-8-6-18(7-9-19)14-4-5-17-11-14/h1-3,10,14,17H,4-9,11H2. The van der Waals surface area contributed by atoms with E-state index in [-0.39, 0.29) is 5.91 Å². The van der Waals surface area contributed by atoms with Crippen LogP contribution in [0.3, 0.4) is 0 Å². The second-order valence-electron chi connectivity index (χ2n) is 5.49. The summed E-state index contributed by atoms with van der Waals surface area (Å²) in [5, 5.41) is 4.02. The topological polar surface area (TPSA) is 35.6 Å². The van der Waals surface area contributed by atoms with Gasteiger partial charge in [-0.15, -0.1) is 0 Å². The maximum Gasteiger partial charge on any atom is 0.253 e. The zero-order valence-corrected chi connectivity index (χ0v) is 12.3. The lowest BCUT2D eigenvalue weighted by molar-refractivity contribution is 0.0584. The SMILES string of the molecule is O=C(c1cccc(Cl)c1)N1CCN(C2CCNC2)CC1. The average molecular weight is 294 g/mol. The van der Waals surface area contributed by atoms with Gasteiger partial charge in [-0.3, -0.25) is 9.69 Å². The third-order valence-electron chi connectivity index (χ3n) is 4.22. The number of carbonyl (C=O) groups excluding carboxylic acids is 1. The Balaban J connectivity index is 1.58. The second-order valence-corrected chi connectivity index (χ2v) is 5.92. The average Bonchev–Trinajstić information content (AvgIpc) is 3.01. The molecule has 0 saturated carbocycles. The Bertz CT molecular complexity index is 480. The third kappa shape index (κ3) is 2.97. The summed E-state index contributed by atoms with van der Waals surface area (Å²) in [7, 11) is 0. The van der Waals surface area contributed by atoms with Crippen LogP contribution in [0.5, 0.6) is 0 Å². The number of rotatable bonds is 2. The van der Waals surface area contributed by atoms with Crippen molar-refractivity contribution in [1.82, 2.24) is 15.1 Å². The fraction of sp³-hybridized carbons (Fsp3) is 0.533. The van der Waals surface area contributed by atoms with E-state index in [1.54, 1.807) is 12.1 Å². The molecule has 108 valence electrons. The van der Waals surface area contributed by atoms with Crippen LogP contribution in [0.2, 0.25) is 5.02 Å². The normalized spacial score (nSPS) is 24.1. The molecule has 1 aromatic carbocycles. The van der Waals surface area contributed by atoms with Gasteiger partial charge in [0.05, 0.1) is 0 Å². The molecule has 2 aliphatic heterocycles. The molecule has 2 heterocycles. The van der Waals surface area contributed by atoms with Crippen molar-refractivity contribution in [1.29, 1.82) is 0 Å². The molecule has 1 unspecified atom stereocenters. The molecule has 20 heavy (non-hydrogen) atoms. The summed E-state index contributed by atoms with van der Waals surface area (Å²) in [5.74, 6) is 0.0942. The maximum absolute atomic E-state index is 12.4. The smallest absolute Gasteiger partial charge is 0.253 e. The van der Waals surface area contributed by atoms with Crippen LogP contribution in [0.1, 0.15) is 16.8 Å². The summed E-state index contributed by atoms with van der Waals surface area (Å²) in [6, 6.07) is 7.86. The van der Waals surface area contributed by atoms with E-state index in [4.69, 9.17) is 11.6 Å². The molecule has 0 aliphatic carbocycles. The van der Waals surface area contributed by atoms with Crippen LogP contribution < -0.4 is 5.32 Å². The lowest BCUT2D eigenvalue weighted by Gasteiger charge is -2.37. The molecule has 1 atom stereocenters. The minimum absolute atomic E-state index is 0.0942. The predicted molar refractivity (Wildman–Crippen MR) is 80.2 cm³/mol. The van der Waals surface area contributed by atoms with Gasteiger partial charge in [-0.05, 0) is 31.2 Å². The summed E-state index contributed by atoms with van der Waals surface area (Å²) in [6.07, 6.45) is 1.22. The Morgan fingerprint density at radius 3 is 2.70 bits per heavy atom. The van der Waals surface area contributed by atoms with Crippen molar-refractivity contribution in [3.8, 4) is 0 Å². The van der Waals surface area contributed by atoms with E-state index in [9.17, 15) is 4.79 Å². The summed E-state index contributed by atoms with van der Waals surface area (Å²) >= 11 is 5.95. The monoisotopic (exact) mass is 293 g/mol. The molecule has 2 saturated heterocycles. The molecule has 2 fully saturated rings. The maximum atomic E-state index is 12.4. The molecule has 1 amide bonds. The highest BCUT2D eigenvalue weighted by atomic mass is 35.5. The van der Waals surface area contributed by atoms with Crippen LogP contribution in [0, 0.1) is 0 Å². The van der Waals surface area contributed by atoms with Gasteiger partial charge >= 0.3 is 0 Å². The Labute approximate surface area is 124 Å². The first-order valence-electron chi connectivity index (χ1n) is 7.23. The van der Waals surface area contributed by atoms with Gasteiger partial charge in [-0.25, -0.2) is 0 Å². The van der Waals surface area contributed by atoms with Crippen LogP contribution >= 0.6 is 11.6 Å². The second kappa shape index (κ2) is 6.12. The number of piperazine rings is 1. The number of carbonyl (C=O) groups is 1. The van der Waals surface area contributed by atoms with Crippen LogP contribution in [-0.2, 0) is 0 Å². The summed E-state index contributed by atoms with van der Waals surface area (Å²) in [4.78, 5) is 16.9. The lowest BCUT2D eigenvalue weighted by Crippen LogP contribution is -2.52. The van der Waals surface area contributed by atoms with Crippen LogP contribution in [0.25, 0.3) is 0 Å². The first-order valence-corrected chi connectivity index (χ1v) is 7.61. The van der Waals surface area contributed by atoms with Gasteiger partial charge in [0.25, 0.3) is 5.91 Å². The van der Waals surface area contributed by atoms with Crippen LogP contribution in [-0.4, -0.2) is 61.0 Å². The van der Waals surface area contributed by atoms with Crippen molar-refractivity contribution in [2.24, 2.45) is 0 Å². The van der Waals surface area contributed by atoms with Crippen molar-refractivity contribution in [3.05, 3.63) is 34.9 Å². The third-order valence-corrected chi connectivity index (χ3v) is 4.46. The molecule has 1 aromatic rings. The molecular formula is C15H20ClN3O. The van der Waals surface area contributed by atoms with Gasteiger partial charge in [0.15, 0.2) is 0 Å². The van der Waals surface area contributed by atoms with Gasteiger partial charge in [-0.1, -0.05) is 17.7 Å². The van der Waals surface area contributed by atoms with Gasteiger partial charge < -0.3 is 10.2 Å². The Hall–Kier alpha value is -1.10. The molecule has 0 aromatic heterocycles. The quantitative estimate of drug-likeness (QED) is 0.897. The number of nitrogens with zero attached hydrogens (tertiary/aromatic N) is 2. The van der Waals surface area contributed by atoms with Crippen molar-refractivity contribution >= 4 is 17.5 Å². The van der Waals surface area contributed by atoms with Crippen LogP contribution in [0.15, 0.2) is 24.3 Å². The molecule has 5 heteroatoms. The molecular weight excluding hydrogens is 274 g/mol. The molecule has 4 nitrogen and oxygen atoms in total. The fourth-order valence-corrected chi connectivity index (χ4v) is 3.24. The molecule has 1 N–H and O–H groups in total. The zero-order chi connectivity index (χ0) is 13.9. The number of nitrogens with one attached hydrogen (secondary N) is 1. The zero-order valence-electron chi connectivity index (χ0n) is 11.5. The van der Waals surface area contributed by atoms with E-state index in [0.717, 1.165) is 39.3 Å². The first-order chi connectivity index (χ1) is 9.74. The summed E-state index contributed by atoms with van der Waals surface area (Å²) in [5.41, 5.74) is 0.688. The number of hydrogen-bond acceptors (Lipinski definition) is 3. The molecule has 3 rings (SSSR count). The van der Waals surface area contributed by atoms with Gasteiger partial charge in [0, 0.05) is 49.4 Å². The van der Waals surface area contributed by atoms with E-state index in [2.05, 4.69) is 10.2 Å². The van der Waals surface area contributed by atoms with E-state index in [0.29, 0.717) is 16.6 Å². The minimum Gasteiger partial charge on any atom is -0.336 e. The fourth-order valence-electron chi connectivity index (χ4n) is 3.05. The van der Waals surface area contributed by atoms with E-state index in [1.165, 1.54) is 6.42 Å². The van der Waals surface area contributed by atoms with Gasteiger partial charge in [-0.2, -0.15) is 0 Å². The molecule has 0 radical (unpaired) electrons. The minimum atomic E-state index is 0.0942. The largest absolute Gasteiger partial charge is 0.336 e. The van der Waals surface area contributed by atoms with Gasteiger partial charge in [0.2, 0.25) is 0 Å². The number of benzene rings is 1. The Morgan fingerprint density at radius 2 is 2.05 bits per heavy atom. The highest BCUT2D eigenvalue weighted by molar-refractivity contribution is 6.30. The highest BCUT2D eigenvalue weighted by Crippen LogP contribution is 2.16. The lowest BCUT2D eigenvalue weighted by atomic mass is 10.1. The summed E-state index contributed by atoms with van der Waals surface area (Å²) < 4.78 is 0. The Morgan fingerprint density at radius 1 is 1.25 bits per heavy atom. The predicted octanol–water partition coefficient (Wildman–Crippen LogP) is 1.46. The summed E-state index contributed by atoms with van der Waals surface area (Å²) in [6.45, 7) is 5.76. The van der Waals surface area contributed by atoms with Gasteiger partial charge in [0.1, 0.15) is 0 Å². The van der Waals surface area contributed by atoms with Crippen molar-refractivity contribution in [2.75, 3.05) is 39.3 Å². The molecule has 2 aliphatic rings. The van der Waals surface area contributed by atoms with E-state index in [1.807, 2.05) is 17.0 Å². The van der Waals surface area contributed by atoms with E-state index >= 15 is 0 Å². The number of amides is 1. The number of halogens is 1. The number of hydrogen-bond donors (Lipinski definition) is 1.